The van der Waals surface area contributed by atoms with Crippen LogP contribution in [0.5, 0.6) is 0 Å². The zero-order valence-electron chi connectivity index (χ0n) is 11.5. The Bertz CT molecular complexity index is 202. The summed E-state index contributed by atoms with van der Waals surface area (Å²) in [5, 5.41) is 12.6. The SMILES string of the molecule is CCCNC(CCO)CN(C)C1CCOC1C. The van der Waals surface area contributed by atoms with Crippen molar-refractivity contribution in [1.29, 1.82) is 0 Å². The molecule has 0 aromatic rings. The molecule has 4 nitrogen and oxygen atoms in total. The topological polar surface area (TPSA) is 44.7 Å². The van der Waals surface area contributed by atoms with Crippen LogP contribution in [0.2, 0.25) is 0 Å². The van der Waals surface area contributed by atoms with Gasteiger partial charge in [0.2, 0.25) is 0 Å². The predicted octanol–water partition coefficient (Wildman–Crippen LogP) is 0.846. The van der Waals surface area contributed by atoms with E-state index in [0.717, 1.165) is 39.0 Å². The van der Waals surface area contributed by atoms with E-state index in [2.05, 4.69) is 31.1 Å². The molecule has 0 aliphatic carbocycles. The van der Waals surface area contributed by atoms with Crippen molar-refractivity contribution in [3.8, 4) is 0 Å². The Morgan fingerprint density at radius 2 is 2.29 bits per heavy atom. The summed E-state index contributed by atoms with van der Waals surface area (Å²) in [5.41, 5.74) is 0. The van der Waals surface area contributed by atoms with Gasteiger partial charge in [-0.15, -0.1) is 0 Å². The van der Waals surface area contributed by atoms with E-state index in [-0.39, 0.29) is 6.61 Å². The summed E-state index contributed by atoms with van der Waals surface area (Å²) in [6.07, 6.45) is 3.42. The normalized spacial score (nSPS) is 26.6. The van der Waals surface area contributed by atoms with Crippen LogP contribution < -0.4 is 5.32 Å². The highest BCUT2D eigenvalue weighted by atomic mass is 16.5. The largest absolute Gasteiger partial charge is 0.396 e. The first-order valence-electron chi connectivity index (χ1n) is 6.85. The number of nitrogens with zero attached hydrogens (tertiary/aromatic N) is 1. The summed E-state index contributed by atoms with van der Waals surface area (Å²) in [4.78, 5) is 2.38. The molecule has 0 radical (unpaired) electrons. The van der Waals surface area contributed by atoms with Crippen molar-refractivity contribution in [1.82, 2.24) is 10.2 Å². The van der Waals surface area contributed by atoms with Crippen molar-refractivity contribution < 1.29 is 9.84 Å². The first-order valence-corrected chi connectivity index (χ1v) is 6.85. The van der Waals surface area contributed by atoms with Crippen molar-refractivity contribution in [3.05, 3.63) is 0 Å². The average Bonchev–Trinajstić information content (AvgIpc) is 2.72. The molecule has 1 rings (SSSR count). The van der Waals surface area contributed by atoms with Crippen LogP contribution in [0.3, 0.4) is 0 Å². The second-order valence-corrected chi connectivity index (χ2v) is 5.03. The molecule has 3 atom stereocenters. The Balaban J connectivity index is 2.36. The number of aliphatic hydroxyl groups is 1. The highest BCUT2D eigenvalue weighted by Crippen LogP contribution is 2.18. The van der Waals surface area contributed by atoms with Crippen LogP contribution in [-0.2, 0) is 4.74 Å². The van der Waals surface area contributed by atoms with Crippen LogP contribution in [0.1, 0.15) is 33.1 Å². The standard InChI is InChI=1S/C13H28N2O2/c1-4-7-14-12(5-8-16)10-15(3)13-6-9-17-11(13)2/h11-14,16H,4-10H2,1-3H3. The molecule has 0 amide bonds. The molecule has 17 heavy (non-hydrogen) atoms. The molecule has 102 valence electrons. The van der Waals surface area contributed by atoms with E-state index in [1.165, 1.54) is 0 Å². The molecule has 1 fully saturated rings. The van der Waals surface area contributed by atoms with Gasteiger partial charge in [-0.3, -0.25) is 4.90 Å². The lowest BCUT2D eigenvalue weighted by atomic mass is 10.1. The summed E-state index contributed by atoms with van der Waals surface area (Å²) in [5.74, 6) is 0. The Kier molecular flexibility index (Phi) is 7.04. The van der Waals surface area contributed by atoms with Gasteiger partial charge < -0.3 is 15.2 Å². The van der Waals surface area contributed by atoms with E-state index in [0.29, 0.717) is 18.2 Å². The van der Waals surface area contributed by atoms with E-state index in [4.69, 9.17) is 9.84 Å². The van der Waals surface area contributed by atoms with Crippen molar-refractivity contribution in [2.24, 2.45) is 0 Å². The molecule has 3 unspecified atom stereocenters. The number of hydrogen-bond donors (Lipinski definition) is 2. The van der Waals surface area contributed by atoms with Gasteiger partial charge >= 0.3 is 0 Å². The molecule has 0 bridgehead atoms. The van der Waals surface area contributed by atoms with Gasteiger partial charge in [0.1, 0.15) is 0 Å². The van der Waals surface area contributed by atoms with Gasteiger partial charge in [0, 0.05) is 31.8 Å². The zero-order valence-corrected chi connectivity index (χ0v) is 11.5. The Hall–Kier alpha value is -0.160. The molecular weight excluding hydrogens is 216 g/mol. The maximum absolute atomic E-state index is 9.08. The molecule has 1 saturated heterocycles. The minimum absolute atomic E-state index is 0.256. The zero-order chi connectivity index (χ0) is 12.7. The highest BCUT2D eigenvalue weighted by molar-refractivity contribution is 4.83. The van der Waals surface area contributed by atoms with Crippen LogP contribution in [0, 0.1) is 0 Å². The lowest BCUT2D eigenvalue weighted by molar-refractivity contribution is 0.0789. The van der Waals surface area contributed by atoms with Crippen molar-refractivity contribution in [3.63, 3.8) is 0 Å². The van der Waals surface area contributed by atoms with Gasteiger partial charge in [-0.05, 0) is 39.8 Å². The maximum atomic E-state index is 9.08. The molecule has 0 aromatic carbocycles. The fourth-order valence-electron chi connectivity index (χ4n) is 2.54. The highest BCUT2D eigenvalue weighted by Gasteiger charge is 2.28. The minimum atomic E-state index is 0.256. The number of hydrogen-bond acceptors (Lipinski definition) is 4. The summed E-state index contributed by atoms with van der Waals surface area (Å²) in [7, 11) is 2.16. The number of ether oxygens (including phenoxy) is 1. The number of rotatable bonds is 8. The smallest absolute Gasteiger partial charge is 0.0702 e. The van der Waals surface area contributed by atoms with Crippen LogP contribution in [0.4, 0.5) is 0 Å². The number of nitrogens with one attached hydrogen (secondary N) is 1. The van der Waals surface area contributed by atoms with E-state index in [1.54, 1.807) is 0 Å². The molecule has 0 saturated carbocycles. The molecule has 1 aliphatic heterocycles. The van der Waals surface area contributed by atoms with Crippen LogP contribution in [0.25, 0.3) is 0 Å². The van der Waals surface area contributed by atoms with E-state index in [1.807, 2.05) is 0 Å². The molecule has 4 heteroatoms. The van der Waals surface area contributed by atoms with Crippen molar-refractivity contribution in [2.75, 3.05) is 33.4 Å². The lowest BCUT2D eigenvalue weighted by Gasteiger charge is -2.30. The second kappa shape index (κ2) is 8.03. The maximum Gasteiger partial charge on any atom is 0.0702 e. The third-order valence-corrected chi connectivity index (χ3v) is 3.57. The molecular formula is C13H28N2O2. The van der Waals surface area contributed by atoms with Gasteiger partial charge in [-0.1, -0.05) is 6.92 Å². The van der Waals surface area contributed by atoms with Crippen molar-refractivity contribution >= 4 is 0 Å². The molecule has 2 N–H and O–H groups in total. The van der Waals surface area contributed by atoms with E-state index < -0.39 is 0 Å². The summed E-state index contributed by atoms with van der Waals surface area (Å²) >= 11 is 0. The van der Waals surface area contributed by atoms with Crippen LogP contribution in [-0.4, -0.2) is 61.5 Å². The van der Waals surface area contributed by atoms with Crippen LogP contribution >= 0.6 is 0 Å². The predicted molar refractivity (Wildman–Crippen MR) is 70.2 cm³/mol. The molecule has 0 spiro atoms. The van der Waals surface area contributed by atoms with Gasteiger partial charge in [-0.25, -0.2) is 0 Å². The Labute approximate surface area is 105 Å². The van der Waals surface area contributed by atoms with E-state index >= 15 is 0 Å². The summed E-state index contributed by atoms with van der Waals surface area (Å²) < 4.78 is 5.60. The molecule has 1 aliphatic rings. The number of likely N-dealkylation sites (N-methyl/N-ethyl adjacent to an activating group) is 1. The third kappa shape index (κ3) is 4.92. The van der Waals surface area contributed by atoms with Gasteiger partial charge in [0.05, 0.1) is 6.10 Å². The fourth-order valence-corrected chi connectivity index (χ4v) is 2.54. The Morgan fingerprint density at radius 1 is 1.53 bits per heavy atom. The number of aliphatic hydroxyl groups excluding tert-OH is 1. The molecule has 0 aromatic heterocycles. The van der Waals surface area contributed by atoms with Gasteiger partial charge in [0.25, 0.3) is 0 Å². The fraction of sp³-hybridized carbons (Fsp3) is 1.00. The van der Waals surface area contributed by atoms with Gasteiger partial charge in [-0.2, -0.15) is 0 Å². The minimum Gasteiger partial charge on any atom is -0.396 e. The first-order chi connectivity index (χ1) is 8.19. The summed E-state index contributed by atoms with van der Waals surface area (Å²) in [6.45, 7) is 7.46. The lowest BCUT2D eigenvalue weighted by Crippen LogP contribution is -2.46. The van der Waals surface area contributed by atoms with Gasteiger partial charge in [0.15, 0.2) is 0 Å². The Morgan fingerprint density at radius 3 is 2.82 bits per heavy atom. The monoisotopic (exact) mass is 244 g/mol. The van der Waals surface area contributed by atoms with E-state index in [9.17, 15) is 0 Å². The van der Waals surface area contributed by atoms with Crippen LogP contribution in [0.15, 0.2) is 0 Å². The third-order valence-electron chi connectivity index (χ3n) is 3.57. The molecule has 1 heterocycles. The average molecular weight is 244 g/mol. The quantitative estimate of drug-likeness (QED) is 0.664. The first kappa shape index (κ1) is 14.9. The summed E-state index contributed by atoms with van der Waals surface area (Å²) in [6, 6.07) is 0.914. The second-order valence-electron chi connectivity index (χ2n) is 5.03. The van der Waals surface area contributed by atoms with Crippen molar-refractivity contribution in [2.45, 2.75) is 51.3 Å².